The number of nitrogens with zero attached hydrogens (tertiary/aromatic N) is 2. The third-order valence-electron chi connectivity index (χ3n) is 4.88. The van der Waals surface area contributed by atoms with Gasteiger partial charge in [-0.1, -0.05) is 50.2 Å². The molecule has 28 heavy (non-hydrogen) atoms. The van der Waals surface area contributed by atoms with Gasteiger partial charge < -0.3 is 5.32 Å². The van der Waals surface area contributed by atoms with Crippen LogP contribution in [0.25, 0.3) is 21.3 Å². The normalized spacial score (nSPS) is 11.3. The number of halogens is 1. The molecule has 3 nitrogen and oxygen atoms in total. The second kappa shape index (κ2) is 8.07. The van der Waals surface area contributed by atoms with Crippen molar-refractivity contribution < 1.29 is 4.39 Å². The smallest absolute Gasteiger partial charge is 0.138 e. The van der Waals surface area contributed by atoms with Crippen LogP contribution in [0.5, 0.6) is 0 Å². The van der Waals surface area contributed by atoms with Gasteiger partial charge in [0.1, 0.15) is 22.8 Å². The van der Waals surface area contributed by atoms with E-state index in [-0.39, 0.29) is 5.82 Å². The maximum atomic E-state index is 13.1. The quantitative estimate of drug-likeness (QED) is 0.420. The summed E-state index contributed by atoms with van der Waals surface area (Å²) >= 11 is 1.63. The van der Waals surface area contributed by atoms with Crippen LogP contribution in [-0.2, 0) is 6.42 Å². The van der Waals surface area contributed by atoms with E-state index in [9.17, 15) is 4.39 Å². The highest BCUT2D eigenvalue weighted by Crippen LogP contribution is 2.36. The fraction of sp³-hybridized carbons (Fsp3) is 0.217. The number of hydrogen-bond acceptors (Lipinski definition) is 4. The van der Waals surface area contributed by atoms with Crippen LogP contribution in [0, 0.1) is 5.82 Å². The first-order valence-corrected chi connectivity index (χ1v) is 10.3. The Morgan fingerprint density at radius 1 is 1.00 bits per heavy atom. The number of hydrogen-bond donors (Lipinski definition) is 1. The molecule has 142 valence electrons. The van der Waals surface area contributed by atoms with Gasteiger partial charge in [-0.25, -0.2) is 14.4 Å². The first-order chi connectivity index (χ1) is 13.6. The fourth-order valence-corrected chi connectivity index (χ4v) is 4.16. The van der Waals surface area contributed by atoms with Crippen LogP contribution in [0.2, 0.25) is 0 Å². The van der Waals surface area contributed by atoms with E-state index in [1.165, 1.54) is 23.3 Å². The molecular weight excluding hydrogens is 369 g/mol. The Morgan fingerprint density at radius 3 is 2.46 bits per heavy atom. The number of nitrogens with one attached hydrogen (secondary N) is 1. The predicted molar refractivity (Wildman–Crippen MR) is 116 cm³/mol. The Bertz CT molecular complexity index is 1070. The fourth-order valence-electron chi connectivity index (χ4n) is 3.25. The average molecular weight is 392 g/mol. The summed E-state index contributed by atoms with van der Waals surface area (Å²) in [6.45, 7) is 5.12. The molecule has 4 aromatic rings. The topological polar surface area (TPSA) is 37.8 Å². The predicted octanol–water partition coefficient (Wildman–Crippen LogP) is 6.28. The van der Waals surface area contributed by atoms with Crippen molar-refractivity contribution in [3.8, 4) is 11.1 Å². The summed E-state index contributed by atoms with van der Waals surface area (Å²) in [5.74, 6) is 1.15. The van der Waals surface area contributed by atoms with Crippen molar-refractivity contribution in [1.29, 1.82) is 0 Å². The minimum absolute atomic E-state index is 0.208. The SMILES string of the molecule is CC(C)c1ccc(-c2csc3ncnc(NCCc4ccc(F)cc4)c23)cc1. The lowest BCUT2D eigenvalue weighted by Gasteiger charge is -2.10. The first-order valence-electron chi connectivity index (χ1n) is 9.42. The largest absolute Gasteiger partial charge is 0.369 e. The van der Waals surface area contributed by atoms with E-state index in [1.54, 1.807) is 17.7 Å². The maximum Gasteiger partial charge on any atom is 0.138 e. The molecule has 0 spiro atoms. The number of thiophene rings is 1. The standard InChI is InChI=1S/C23H22FN3S/c1-15(2)17-5-7-18(8-6-17)20-13-28-23-21(20)22(26-14-27-23)25-12-11-16-3-9-19(24)10-4-16/h3-10,13-15H,11-12H2,1-2H3,(H,25,26,27). The van der Waals surface area contributed by atoms with E-state index in [1.807, 2.05) is 12.1 Å². The second-order valence-electron chi connectivity index (χ2n) is 7.13. The third kappa shape index (κ3) is 3.90. The van der Waals surface area contributed by atoms with Crippen molar-refractivity contribution in [2.75, 3.05) is 11.9 Å². The highest BCUT2D eigenvalue weighted by atomic mass is 32.1. The maximum absolute atomic E-state index is 13.1. The molecule has 0 amide bonds. The van der Waals surface area contributed by atoms with Gasteiger partial charge in [0.15, 0.2) is 0 Å². The van der Waals surface area contributed by atoms with Crippen LogP contribution >= 0.6 is 11.3 Å². The molecule has 0 fully saturated rings. The lowest BCUT2D eigenvalue weighted by Crippen LogP contribution is -2.07. The summed E-state index contributed by atoms with van der Waals surface area (Å²) in [4.78, 5) is 9.89. The molecule has 0 unspecified atom stereocenters. The molecule has 0 saturated carbocycles. The number of fused-ring (bicyclic) bond motifs is 1. The van der Waals surface area contributed by atoms with Gasteiger partial charge >= 0.3 is 0 Å². The lowest BCUT2D eigenvalue weighted by molar-refractivity contribution is 0.627. The minimum atomic E-state index is -0.208. The molecule has 1 N–H and O–H groups in total. The molecule has 0 atom stereocenters. The summed E-state index contributed by atoms with van der Waals surface area (Å²) in [6, 6.07) is 15.4. The van der Waals surface area contributed by atoms with Gasteiger partial charge in [0.2, 0.25) is 0 Å². The monoisotopic (exact) mass is 391 g/mol. The van der Waals surface area contributed by atoms with Gasteiger partial charge in [-0.2, -0.15) is 0 Å². The summed E-state index contributed by atoms with van der Waals surface area (Å²) in [6.07, 6.45) is 2.40. The number of aromatic nitrogens is 2. The summed E-state index contributed by atoms with van der Waals surface area (Å²) in [7, 11) is 0. The van der Waals surface area contributed by atoms with E-state index in [4.69, 9.17) is 0 Å². The van der Waals surface area contributed by atoms with Gasteiger partial charge in [0, 0.05) is 17.5 Å². The molecule has 0 bridgehead atoms. The second-order valence-corrected chi connectivity index (χ2v) is 7.99. The highest BCUT2D eigenvalue weighted by Gasteiger charge is 2.13. The lowest BCUT2D eigenvalue weighted by atomic mass is 9.99. The van der Waals surface area contributed by atoms with E-state index >= 15 is 0 Å². The van der Waals surface area contributed by atoms with Crippen LogP contribution in [0.15, 0.2) is 60.2 Å². The first kappa shape index (κ1) is 18.6. The van der Waals surface area contributed by atoms with Crippen LogP contribution in [0.4, 0.5) is 10.2 Å². The zero-order valence-corrected chi connectivity index (χ0v) is 16.8. The zero-order chi connectivity index (χ0) is 19.5. The van der Waals surface area contributed by atoms with E-state index in [2.05, 4.69) is 58.8 Å². The number of benzene rings is 2. The Hall–Kier alpha value is -2.79. The van der Waals surface area contributed by atoms with E-state index in [0.29, 0.717) is 5.92 Å². The summed E-state index contributed by atoms with van der Waals surface area (Å²) in [5, 5.41) is 6.65. The molecule has 2 aromatic carbocycles. The Morgan fingerprint density at radius 2 is 1.75 bits per heavy atom. The Labute approximate surface area is 168 Å². The van der Waals surface area contributed by atoms with Crippen molar-refractivity contribution in [3.05, 3.63) is 77.2 Å². The van der Waals surface area contributed by atoms with E-state index in [0.717, 1.165) is 40.1 Å². The molecule has 4 rings (SSSR count). The van der Waals surface area contributed by atoms with Crippen LogP contribution in [0.1, 0.15) is 30.9 Å². The average Bonchev–Trinajstić information content (AvgIpc) is 3.14. The van der Waals surface area contributed by atoms with Crippen LogP contribution < -0.4 is 5.32 Å². The molecule has 2 aromatic heterocycles. The summed E-state index contributed by atoms with van der Waals surface area (Å²) < 4.78 is 13.1. The highest BCUT2D eigenvalue weighted by molar-refractivity contribution is 7.17. The van der Waals surface area contributed by atoms with Gasteiger partial charge in [-0.05, 0) is 41.2 Å². The van der Waals surface area contributed by atoms with Gasteiger partial charge in [-0.3, -0.25) is 0 Å². The van der Waals surface area contributed by atoms with Crippen LogP contribution in [0.3, 0.4) is 0 Å². The Kier molecular flexibility index (Phi) is 5.35. The summed E-state index contributed by atoms with van der Waals surface area (Å²) in [5.41, 5.74) is 4.75. The molecule has 0 aliphatic carbocycles. The van der Waals surface area contributed by atoms with Crippen molar-refractivity contribution in [2.45, 2.75) is 26.2 Å². The molecule has 0 saturated heterocycles. The van der Waals surface area contributed by atoms with Crippen molar-refractivity contribution in [2.24, 2.45) is 0 Å². The molecular formula is C23H22FN3S. The van der Waals surface area contributed by atoms with Crippen LogP contribution in [-0.4, -0.2) is 16.5 Å². The Balaban J connectivity index is 1.58. The number of anilines is 1. The van der Waals surface area contributed by atoms with Gasteiger partial charge in [0.05, 0.1) is 5.39 Å². The molecule has 2 heterocycles. The van der Waals surface area contributed by atoms with Gasteiger partial charge in [-0.15, -0.1) is 11.3 Å². The molecule has 0 aliphatic heterocycles. The van der Waals surface area contributed by atoms with E-state index < -0.39 is 0 Å². The molecule has 0 radical (unpaired) electrons. The van der Waals surface area contributed by atoms with Crippen molar-refractivity contribution >= 4 is 27.4 Å². The van der Waals surface area contributed by atoms with Gasteiger partial charge in [0.25, 0.3) is 0 Å². The van der Waals surface area contributed by atoms with Crippen molar-refractivity contribution in [1.82, 2.24) is 9.97 Å². The third-order valence-corrected chi connectivity index (χ3v) is 5.76. The number of rotatable bonds is 6. The van der Waals surface area contributed by atoms with Crippen molar-refractivity contribution in [3.63, 3.8) is 0 Å². The zero-order valence-electron chi connectivity index (χ0n) is 15.9. The minimum Gasteiger partial charge on any atom is -0.369 e. The molecule has 0 aliphatic rings. The molecule has 5 heteroatoms.